The number of anilines is 1. The van der Waals surface area contributed by atoms with Crippen LogP contribution in [0.15, 0.2) is 36.7 Å². The van der Waals surface area contributed by atoms with Crippen LogP contribution in [0.25, 0.3) is 11.0 Å². The molecule has 35 heavy (non-hydrogen) atoms. The number of alkyl halides is 1. The number of ketones is 1. The number of pyridine rings is 1. The Morgan fingerprint density at radius 3 is 2.86 bits per heavy atom. The molecule has 3 atom stereocenters. The Hall–Kier alpha value is -3.53. The number of nitrogens with one attached hydrogen (secondary N) is 3. The highest BCUT2D eigenvalue weighted by Crippen LogP contribution is 2.36. The molecule has 1 fully saturated rings. The summed E-state index contributed by atoms with van der Waals surface area (Å²) in [6.45, 7) is 0.146. The van der Waals surface area contributed by atoms with Crippen molar-refractivity contribution in [2.75, 3.05) is 5.32 Å². The zero-order valence-corrected chi connectivity index (χ0v) is 19.2. The quantitative estimate of drug-likeness (QED) is 0.479. The number of fused-ring (bicyclic) bond motifs is 3. The van der Waals surface area contributed by atoms with Crippen molar-refractivity contribution in [3.8, 4) is 0 Å². The highest BCUT2D eigenvalue weighted by Gasteiger charge is 2.42. The Morgan fingerprint density at radius 2 is 2.03 bits per heavy atom. The van der Waals surface area contributed by atoms with Gasteiger partial charge in [-0.25, -0.2) is 18.6 Å². The van der Waals surface area contributed by atoms with Gasteiger partial charge in [-0.05, 0) is 25.0 Å². The molecule has 182 valence electrons. The summed E-state index contributed by atoms with van der Waals surface area (Å²) in [7, 11) is 0. The molecule has 0 spiro atoms. The molecule has 1 saturated carbocycles. The standard InChI is InChI=1S/C24H22ClF2N5O3/c25-18-3-1-2-12(20(18)27)8-29-23(34)17-7-14(26)6-16(17)19(33)11-32-5-4-15-21-13(9-28-22(15)32)10-30-24(35)31-21/h1-5,9,14,16-17H,6-8,10-11H2,(H,29,34)(H2,30,31,35)/t14-,16?,17+/m0/s1. The summed E-state index contributed by atoms with van der Waals surface area (Å²) in [5.74, 6) is -3.08. The number of hydrogen-bond donors (Lipinski definition) is 3. The van der Waals surface area contributed by atoms with Crippen molar-refractivity contribution < 1.29 is 23.2 Å². The lowest BCUT2D eigenvalue weighted by Crippen LogP contribution is -2.36. The third-order valence-corrected chi connectivity index (χ3v) is 6.90. The fourth-order valence-corrected chi connectivity index (χ4v) is 5.02. The van der Waals surface area contributed by atoms with E-state index < -0.39 is 29.7 Å². The lowest BCUT2D eigenvalue weighted by atomic mass is 9.91. The summed E-state index contributed by atoms with van der Waals surface area (Å²) in [4.78, 5) is 42.2. The molecular formula is C24H22ClF2N5O3. The number of aromatic nitrogens is 2. The number of nitrogens with zero attached hydrogens (tertiary/aromatic N) is 2. The number of amides is 3. The molecule has 5 rings (SSSR count). The third-order valence-electron chi connectivity index (χ3n) is 6.61. The summed E-state index contributed by atoms with van der Waals surface area (Å²) >= 11 is 5.78. The molecule has 3 amide bonds. The van der Waals surface area contributed by atoms with Crippen LogP contribution in [-0.4, -0.2) is 33.4 Å². The number of carbonyl (C=O) groups excluding carboxylic acids is 3. The number of benzene rings is 1. The Morgan fingerprint density at radius 1 is 1.23 bits per heavy atom. The van der Waals surface area contributed by atoms with Crippen LogP contribution in [-0.2, 0) is 29.2 Å². The highest BCUT2D eigenvalue weighted by atomic mass is 35.5. The molecule has 2 aromatic heterocycles. The second-order valence-corrected chi connectivity index (χ2v) is 9.23. The Labute approximate surface area is 204 Å². The molecule has 3 N–H and O–H groups in total. The molecule has 0 bridgehead atoms. The summed E-state index contributed by atoms with van der Waals surface area (Å²) < 4.78 is 30.1. The maximum Gasteiger partial charge on any atom is 0.319 e. The summed E-state index contributed by atoms with van der Waals surface area (Å²) in [5.41, 5.74) is 2.18. The topological polar surface area (TPSA) is 105 Å². The smallest absolute Gasteiger partial charge is 0.319 e. The van der Waals surface area contributed by atoms with Gasteiger partial charge in [0.05, 0.1) is 23.2 Å². The SMILES string of the molecule is O=C1NCc2cnc3c(ccn3CC(=O)C3C[C@H](F)C[C@H]3C(=O)NCc3cccc(Cl)c3F)c2N1. The second kappa shape index (κ2) is 9.26. The van der Waals surface area contributed by atoms with E-state index in [4.69, 9.17) is 11.6 Å². The van der Waals surface area contributed by atoms with Gasteiger partial charge in [-0.15, -0.1) is 0 Å². The minimum Gasteiger partial charge on any atom is -0.352 e. The Balaban J connectivity index is 1.31. The van der Waals surface area contributed by atoms with Gasteiger partial charge in [0.1, 0.15) is 17.6 Å². The minimum absolute atomic E-state index is 0.0494. The van der Waals surface area contributed by atoms with Gasteiger partial charge in [-0.1, -0.05) is 23.7 Å². The molecular weight excluding hydrogens is 480 g/mol. The van der Waals surface area contributed by atoms with E-state index >= 15 is 0 Å². The van der Waals surface area contributed by atoms with Crippen molar-refractivity contribution in [1.29, 1.82) is 0 Å². The van der Waals surface area contributed by atoms with Crippen molar-refractivity contribution in [2.45, 2.75) is 38.6 Å². The molecule has 1 aliphatic carbocycles. The van der Waals surface area contributed by atoms with Crippen LogP contribution in [0, 0.1) is 17.7 Å². The average molecular weight is 502 g/mol. The van der Waals surface area contributed by atoms with Crippen molar-refractivity contribution in [3.05, 3.63) is 58.6 Å². The Kier molecular flexibility index (Phi) is 6.14. The van der Waals surface area contributed by atoms with E-state index in [1.165, 1.54) is 12.1 Å². The molecule has 3 heterocycles. The maximum atomic E-state index is 14.3. The van der Waals surface area contributed by atoms with Gasteiger partial charge in [-0.3, -0.25) is 9.59 Å². The van der Waals surface area contributed by atoms with Crippen LogP contribution in [0.1, 0.15) is 24.0 Å². The van der Waals surface area contributed by atoms with Crippen LogP contribution >= 0.6 is 11.6 Å². The molecule has 8 nitrogen and oxygen atoms in total. The number of hydrogen-bond acceptors (Lipinski definition) is 4. The van der Waals surface area contributed by atoms with Crippen LogP contribution in [0.2, 0.25) is 5.02 Å². The average Bonchev–Trinajstić information content (AvgIpc) is 3.43. The number of rotatable bonds is 6. The molecule has 1 aliphatic heterocycles. The predicted molar refractivity (Wildman–Crippen MR) is 125 cm³/mol. The lowest BCUT2D eigenvalue weighted by Gasteiger charge is -2.20. The van der Waals surface area contributed by atoms with E-state index in [0.717, 1.165) is 5.56 Å². The lowest BCUT2D eigenvalue weighted by molar-refractivity contribution is -0.132. The van der Waals surface area contributed by atoms with Crippen molar-refractivity contribution in [3.63, 3.8) is 0 Å². The van der Waals surface area contributed by atoms with E-state index in [9.17, 15) is 23.2 Å². The van der Waals surface area contributed by atoms with E-state index in [1.807, 2.05) is 0 Å². The number of carbonyl (C=O) groups is 3. The molecule has 0 saturated heterocycles. The summed E-state index contributed by atoms with van der Waals surface area (Å²) in [6.07, 6.45) is 1.91. The van der Waals surface area contributed by atoms with Crippen molar-refractivity contribution in [1.82, 2.24) is 20.2 Å². The van der Waals surface area contributed by atoms with Gasteiger partial charge in [0.15, 0.2) is 5.78 Å². The first-order valence-electron chi connectivity index (χ1n) is 11.2. The first kappa shape index (κ1) is 23.2. The first-order chi connectivity index (χ1) is 16.8. The van der Waals surface area contributed by atoms with Gasteiger partial charge < -0.3 is 20.5 Å². The zero-order valence-electron chi connectivity index (χ0n) is 18.5. The van der Waals surface area contributed by atoms with Crippen LogP contribution < -0.4 is 16.0 Å². The first-order valence-corrected chi connectivity index (χ1v) is 11.6. The van der Waals surface area contributed by atoms with Crippen molar-refractivity contribution in [2.24, 2.45) is 11.8 Å². The third kappa shape index (κ3) is 4.45. The molecule has 3 aromatic rings. The zero-order chi connectivity index (χ0) is 24.7. The minimum atomic E-state index is -1.28. The highest BCUT2D eigenvalue weighted by molar-refractivity contribution is 6.30. The summed E-state index contributed by atoms with van der Waals surface area (Å²) in [5, 5.41) is 8.69. The fraction of sp³-hybridized carbons (Fsp3) is 0.333. The molecule has 11 heteroatoms. The Bertz CT molecular complexity index is 1340. The largest absolute Gasteiger partial charge is 0.352 e. The second-order valence-electron chi connectivity index (χ2n) is 8.83. The normalized spacial score (nSPS) is 21.3. The van der Waals surface area contributed by atoms with Gasteiger partial charge >= 0.3 is 6.03 Å². The van der Waals surface area contributed by atoms with Gasteiger partial charge in [-0.2, -0.15) is 0 Å². The van der Waals surface area contributed by atoms with Gasteiger partial charge in [0, 0.05) is 47.9 Å². The predicted octanol–water partition coefficient (Wildman–Crippen LogP) is 3.71. The van der Waals surface area contributed by atoms with Crippen LogP contribution in [0.4, 0.5) is 19.3 Å². The number of Topliss-reactive ketones (excluding diaryl/α,β-unsaturated/α-hetero) is 1. The van der Waals surface area contributed by atoms with Crippen molar-refractivity contribution >= 4 is 46.0 Å². The summed E-state index contributed by atoms with van der Waals surface area (Å²) in [6, 6.07) is 5.91. The van der Waals surface area contributed by atoms with Gasteiger partial charge in [0.2, 0.25) is 5.91 Å². The molecule has 0 radical (unpaired) electrons. The molecule has 2 aliphatic rings. The fourth-order valence-electron chi connectivity index (χ4n) is 4.83. The van der Waals surface area contributed by atoms with E-state index in [-0.39, 0.29) is 48.3 Å². The number of urea groups is 1. The van der Waals surface area contributed by atoms with Crippen LogP contribution in [0.3, 0.4) is 0 Å². The van der Waals surface area contributed by atoms with E-state index in [2.05, 4.69) is 20.9 Å². The molecule has 1 unspecified atom stereocenters. The van der Waals surface area contributed by atoms with Crippen LogP contribution in [0.5, 0.6) is 0 Å². The van der Waals surface area contributed by atoms with E-state index in [1.54, 1.807) is 29.1 Å². The van der Waals surface area contributed by atoms with E-state index in [0.29, 0.717) is 23.3 Å². The number of halogens is 3. The molecule has 1 aromatic carbocycles. The monoisotopic (exact) mass is 501 g/mol. The maximum absolute atomic E-state index is 14.3. The van der Waals surface area contributed by atoms with Gasteiger partial charge in [0.25, 0.3) is 0 Å².